The highest BCUT2D eigenvalue weighted by Gasteiger charge is 2.30. The number of amides is 1. The van der Waals surface area contributed by atoms with Gasteiger partial charge in [-0.3, -0.25) is 9.69 Å². The maximum absolute atomic E-state index is 12.6. The second kappa shape index (κ2) is 7.86. The van der Waals surface area contributed by atoms with E-state index >= 15 is 0 Å². The summed E-state index contributed by atoms with van der Waals surface area (Å²) in [5, 5.41) is 1.82. The molecule has 0 spiro atoms. The molecule has 1 aliphatic rings. The molecule has 1 saturated heterocycles. The molecule has 1 atom stereocenters. The number of aliphatic imine (C=N–C) groups is 1. The van der Waals surface area contributed by atoms with Crippen molar-refractivity contribution in [3.8, 4) is 0 Å². The molecule has 0 N–H and O–H groups in total. The molecular formula is C19H19ClN2OS. The van der Waals surface area contributed by atoms with Gasteiger partial charge in [-0.05, 0) is 36.2 Å². The van der Waals surface area contributed by atoms with E-state index < -0.39 is 0 Å². The normalized spacial score (nSPS) is 19.0. The van der Waals surface area contributed by atoms with E-state index in [4.69, 9.17) is 11.6 Å². The number of carbonyl (C=O) groups is 1. The average Bonchev–Trinajstić information content (AvgIpc) is 2.96. The Hall–Kier alpha value is -1.78. The molecule has 0 saturated carbocycles. The van der Waals surface area contributed by atoms with Gasteiger partial charge < -0.3 is 0 Å². The van der Waals surface area contributed by atoms with Crippen molar-refractivity contribution in [2.24, 2.45) is 4.99 Å². The van der Waals surface area contributed by atoms with Crippen molar-refractivity contribution in [3.05, 3.63) is 65.2 Å². The number of carbonyl (C=O) groups excluding carboxylic acids is 1. The van der Waals surface area contributed by atoms with Gasteiger partial charge in [0.2, 0.25) is 5.91 Å². The van der Waals surface area contributed by atoms with Crippen molar-refractivity contribution < 1.29 is 4.79 Å². The summed E-state index contributed by atoms with van der Waals surface area (Å²) in [5.74, 6) is 0.128. The Morgan fingerprint density at radius 1 is 1.21 bits per heavy atom. The van der Waals surface area contributed by atoms with Crippen LogP contribution in [0.1, 0.15) is 18.9 Å². The summed E-state index contributed by atoms with van der Waals surface area (Å²) < 4.78 is 0. The smallest absolute Gasteiger partial charge is 0.228 e. The predicted molar refractivity (Wildman–Crippen MR) is 102 cm³/mol. The first kappa shape index (κ1) is 17.1. The topological polar surface area (TPSA) is 32.7 Å². The standard InChI is InChI=1S/C19H19ClN2OS/c1-14-13-22(18(23)12-7-15-5-3-2-4-6-15)19(24-14)21-17-10-8-16(20)9-11-17/h2-6,8-11,14H,7,12-13H2,1H3/t14-/m0/s1. The second-order valence-electron chi connectivity index (χ2n) is 5.79. The van der Waals surface area contributed by atoms with Crippen molar-refractivity contribution in [2.45, 2.75) is 25.0 Å². The Bertz CT molecular complexity index is 731. The quantitative estimate of drug-likeness (QED) is 0.776. The lowest BCUT2D eigenvalue weighted by molar-refractivity contribution is -0.127. The van der Waals surface area contributed by atoms with Crippen LogP contribution in [0, 0.1) is 0 Å². The average molecular weight is 359 g/mol. The maximum atomic E-state index is 12.6. The van der Waals surface area contributed by atoms with Gasteiger partial charge in [0.1, 0.15) is 0 Å². The van der Waals surface area contributed by atoms with E-state index in [2.05, 4.69) is 24.0 Å². The lowest BCUT2D eigenvalue weighted by Gasteiger charge is -2.16. The van der Waals surface area contributed by atoms with Crippen molar-refractivity contribution in [3.63, 3.8) is 0 Å². The van der Waals surface area contributed by atoms with Crippen LogP contribution >= 0.6 is 23.4 Å². The van der Waals surface area contributed by atoms with Crippen molar-refractivity contribution in [1.82, 2.24) is 4.90 Å². The largest absolute Gasteiger partial charge is 0.290 e. The Balaban J connectivity index is 1.70. The summed E-state index contributed by atoms with van der Waals surface area (Å²) in [6.45, 7) is 2.83. The van der Waals surface area contributed by atoms with E-state index in [0.717, 1.165) is 17.3 Å². The third kappa shape index (κ3) is 4.40. The van der Waals surface area contributed by atoms with Gasteiger partial charge in [-0.25, -0.2) is 4.99 Å². The van der Waals surface area contributed by atoms with Gasteiger partial charge in [0.25, 0.3) is 0 Å². The van der Waals surface area contributed by atoms with Crippen LogP contribution in [0.25, 0.3) is 0 Å². The molecule has 5 heteroatoms. The van der Waals surface area contributed by atoms with Crippen molar-refractivity contribution >= 4 is 40.1 Å². The van der Waals surface area contributed by atoms with E-state index in [0.29, 0.717) is 23.2 Å². The Morgan fingerprint density at radius 2 is 1.92 bits per heavy atom. The van der Waals surface area contributed by atoms with Crippen LogP contribution in [0.15, 0.2) is 59.6 Å². The first-order chi connectivity index (χ1) is 11.6. The number of aryl methyl sites for hydroxylation is 1. The molecule has 1 aliphatic heterocycles. The molecule has 0 aromatic heterocycles. The van der Waals surface area contributed by atoms with Gasteiger partial charge in [0.05, 0.1) is 5.69 Å². The highest BCUT2D eigenvalue weighted by molar-refractivity contribution is 8.14. The summed E-state index contributed by atoms with van der Waals surface area (Å²) in [4.78, 5) is 19.1. The van der Waals surface area contributed by atoms with E-state index in [1.54, 1.807) is 11.8 Å². The Kier molecular flexibility index (Phi) is 5.59. The summed E-state index contributed by atoms with van der Waals surface area (Å²) in [6.07, 6.45) is 1.25. The number of thioether (sulfide) groups is 1. The fourth-order valence-electron chi connectivity index (χ4n) is 2.57. The molecular weight excluding hydrogens is 340 g/mol. The maximum Gasteiger partial charge on any atom is 0.228 e. The number of nitrogens with zero attached hydrogens (tertiary/aromatic N) is 2. The fraction of sp³-hybridized carbons (Fsp3) is 0.263. The molecule has 0 bridgehead atoms. The number of amidine groups is 1. The monoisotopic (exact) mass is 358 g/mol. The van der Waals surface area contributed by atoms with Crippen LogP contribution in [0.3, 0.4) is 0 Å². The van der Waals surface area contributed by atoms with E-state index in [1.807, 2.05) is 47.4 Å². The van der Waals surface area contributed by atoms with Crippen LogP contribution in [0.5, 0.6) is 0 Å². The Labute approximate surface area is 151 Å². The van der Waals surface area contributed by atoms with Gasteiger partial charge in [-0.1, -0.05) is 60.6 Å². The number of benzene rings is 2. The molecule has 2 aromatic rings. The van der Waals surface area contributed by atoms with Crippen molar-refractivity contribution in [2.75, 3.05) is 6.54 Å². The second-order valence-corrected chi connectivity index (χ2v) is 7.63. The fourth-order valence-corrected chi connectivity index (χ4v) is 3.74. The minimum absolute atomic E-state index is 0.128. The van der Waals surface area contributed by atoms with Crippen LogP contribution in [0.2, 0.25) is 5.02 Å². The van der Waals surface area contributed by atoms with Crippen LogP contribution in [-0.4, -0.2) is 27.8 Å². The molecule has 1 heterocycles. The minimum atomic E-state index is 0.128. The summed E-state index contributed by atoms with van der Waals surface area (Å²) in [5.41, 5.74) is 2.00. The van der Waals surface area contributed by atoms with E-state index in [1.165, 1.54) is 5.56 Å². The van der Waals surface area contributed by atoms with E-state index in [-0.39, 0.29) is 5.91 Å². The third-order valence-corrected chi connectivity index (χ3v) is 5.13. The van der Waals surface area contributed by atoms with Gasteiger partial charge in [-0.2, -0.15) is 0 Å². The highest BCUT2D eigenvalue weighted by atomic mass is 35.5. The predicted octanol–water partition coefficient (Wildman–Crippen LogP) is 4.92. The van der Waals surface area contributed by atoms with Gasteiger partial charge in [0.15, 0.2) is 5.17 Å². The lowest BCUT2D eigenvalue weighted by Crippen LogP contribution is -2.32. The van der Waals surface area contributed by atoms with Crippen LogP contribution in [0.4, 0.5) is 5.69 Å². The molecule has 0 aliphatic carbocycles. The summed E-state index contributed by atoms with van der Waals surface area (Å²) >= 11 is 7.56. The number of hydrogen-bond acceptors (Lipinski definition) is 3. The molecule has 124 valence electrons. The zero-order chi connectivity index (χ0) is 16.9. The number of hydrogen-bond donors (Lipinski definition) is 0. The van der Waals surface area contributed by atoms with Crippen LogP contribution in [-0.2, 0) is 11.2 Å². The van der Waals surface area contributed by atoms with E-state index in [9.17, 15) is 4.79 Å². The molecule has 1 amide bonds. The van der Waals surface area contributed by atoms with Crippen molar-refractivity contribution in [1.29, 1.82) is 0 Å². The molecule has 1 fully saturated rings. The zero-order valence-electron chi connectivity index (χ0n) is 13.5. The highest BCUT2D eigenvalue weighted by Crippen LogP contribution is 2.29. The SMILES string of the molecule is C[C@H]1CN(C(=O)CCc2ccccc2)C(=Nc2ccc(Cl)cc2)S1. The molecule has 0 unspecified atom stereocenters. The number of rotatable bonds is 4. The summed E-state index contributed by atoms with van der Waals surface area (Å²) in [7, 11) is 0. The van der Waals surface area contributed by atoms with Gasteiger partial charge in [-0.15, -0.1) is 0 Å². The minimum Gasteiger partial charge on any atom is -0.290 e. The summed E-state index contributed by atoms with van der Waals surface area (Å²) in [6, 6.07) is 17.5. The zero-order valence-corrected chi connectivity index (χ0v) is 15.1. The molecule has 2 aromatic carbocycles. The Morgan fingerprint density at radius 3 is 2.62 bits per heavy atom. The first-order valence-electron chi connectivity index (χ1n) is 7.97. The first-order valence-corrected chi connectivity index (χ1v) is 9.23. The van der Waals surface area contributed by atoms with Gasteiger partial charge >= 0.3 is 0 Å². The molecule has 3 rings (SSSR count). The third-order valence-electron chi connectivity index (χ3n) is 3.80. The molecule has 3 nitrogen and oxygen atoms in total. The molecule has 24 heavy (non-hydrogen) atoms. The van der Waals surface area contributed by atoms with Gasteiger partial charge in [0, 0.05) is 23.2 Å². The lowest BCUT2D eigenvalue weighted by atomic mass is 10.1. The number of halogens is 1. The van der Waals surface area contributed by atoms with Crippen LogP contribution < -0.4 is 0 Å². The molecule has 0 radical (unpaired) electrons.